The first kappa shape index (κ1) is 15.0. The third-order valence-electron chi connectivity index (χ3n) is 5.34. The lowest BCUT2D eigenvalue weighted by atomic mass is 10.0. The first-order chi connectivity index (χ1) is 13.3. The van der Waals surface area contributed by atoms with Gasteiger partial charge in [0.15, 0.2) is 11.6 Å². The number of fused-ring (bicyclic) bond motifs is 2. The van der Waals surface area contributed by atoms with Gasteiger partial charge in [0, 0.05) is 24.6 Å². The van der Waals surface area contributed by atoms with Crippen molar-refractivity contribution in [2.75, 3.05) is 11.4 Å². The number of rotatable bonds is 3. The van der Waals surface area contributed by atoms with Crippen LogP contribution in [0.2, 0.25) is 0 Å². The van der Waals surface area contributed by atoms with Gasteiger partial charge >= 0.3 is 6.01 Å². The molecule has 2 aliphatic rings. The van der Waals surface area contributed by atoms with E-state index in [-0.39, 0.29) is 11.6 Å². The molecule has 0 spiro atoms. The molecule has 1 aromatic carbocycles. The number of para-hydroxylation sites is 1. The summed E-state index contributed by atoms with van der Waals surface area (Å²) in [7, 11) is 0. The van der Waals surface area contributed by atoms with Gasteiger partial charge < -0.3 is 18.7 Å². The smallest absolute Gasteiger partial charge is 0.319 e. The van der Waals surface area contributed by atoms with Gasteiger partial charge in [-0.2, -0.15) is 0 Å². The van der Waals surface area contributed by atoms with Gasteiger partial charge in [-0.1, -0.05) is 17.2 Å². The molecule has 1 saturated carbocycles. The molecule has 4 heterocycles. The Morgan fingerprint density at radius 3 is 2.89 bits per heavy atom. The summed E-state index contributed by atoms with van der Waals surface area (Å²) in [6, 6.07) is 6.93. The molecule has 0 radical (unpaired) electrons. The van der Waals surface area contributed by atoms with Crippen LogP contribution in [-0.2, 0) is 6.42 Å². The predicted octanol–water partition coefficient (Wildman–Crippen LogP) is 3.71. The average molecular weight is 365 g/mol. The van der Waals surface area contributed by atoms with Crippen molar-refractivity contribution >= 4 is 17.0 Å². The van der Waals surface area contributed by atoms with E-state index in [9.17, 15) is 0 Å². The minimum absolute atomic E-state index is 0.218. The molecule has 1 fully saturated rings. The fourth-order valence-electron chi connectivity index (χ4n) is 3.79. The fourth-order valence-corrected chi connectivity index (χ4v) is 3.79. The van der Waals surface area contributed by atoms with E-state index in [1.54, 1.807) is 24.5 Å². The minimum atomic E-state index is -0.556. The van der Waals surface area contributed by atoms with Crippen LogP contribution in [0.1, 0.15) is 47.8 Å². The first-order valence-corrected chi connectivity index (χ1v) is 9.08. The van der Waals surface area contributed by atoms with E-state index in [0.717, 1.165) is 30.7 Å². The Kier molecular flexibility index (Phi) is 3.00. The molecule has 1 aliphatic carbocycles. The summed E-state index contributed by atoms with van der Waals surface area (Å²) in [6.07, 6.45) is 4.51. The second-order valence-corrected chi connectivity index (χ2v) is 7.09. The molecular weight excluding hydrogens is 349 g/mol. The van der Waals surface area contributed by atoms with Gasteiger partial charge in [-0.15, -0.1) is 5.10 Å². The van der Waals surface area contributed by atoms with Crippen molar-refractivity contribution < 1.29 is 13.2 Å². The number of nitrogens with one attached hydrogen (secondary N) is 1. The molecule has 7 nitrogen and oxygen atoms in total. The number of furan rings is 1. The monoisotopic (exact) mass is 365 g/mol. The van der Waals surface area contributed by atoms with E-state index in [1.165, 1.54) is 0 Å². The van der Waals surface area contributed by atoms with Gasteiger partial charge in [0.1, 0.15) is 11.6 Å². The maximum atomic E-state index is 15.2. The van der Waals surface area contributed by atoms with E-state index in [0.29, 0.717) is 35.3 Å². The predicted molar refractivity (Wildman–Crippen MR) is 93.9 cm³/mol. The van der Waals surface area contributed by atoms with E-state index in [4.69, 9.17) is 8.83 Å². The van der Waals surface area contributed by atoms with Gasteiger partial charge in [0.2, 0.25) is 5.89 Å². The number of hydrogen-bond acceptors (Lipinski definition) is 6. The summed E-state index contributed by atoms with van der Waals surface area (Å²) < 4.78 is 27.0. The van der Waals surface area contributed by atoms with Crippen LogP contribution in [0.4, 0.5) is 10.4 Å². The number of hydrogen-bond donors (Lipinski definition) is 1. The van der Waals surface area contributed by atoms with Crippen molar-refractivity contribution in [3.05, 3.63) is 59.4 Å². The fraction of sp³-hybridized carbons (Fsp3) is 0.316. The second-order valence-electron chi connectivity index (χ2n) is 7.09. The summed E-state index contributed by atoms with van der Waals surface area (Å²) in [4.78, 5) is 9.48. The Balaban J connectivity index is 1.51. The zero-order chi connectivity index (χ0) is 18.0. The SMILES string of the molecule is Fc1c([C@@H]2c3nc[nH]c3CCN2c2nnc(C3CC3)o2)oc2ccccc12. The number of aromatic nitrogens is 4. The molecule has 136 valence electrons. The normalized spacial score (nSPS) is 19.6. The standard InChI is InChI=1S/C19H16FN5O2/c20-14-11-3-1-2-4-13(11)26-17(14)16-15-12(21-9-22-15)7-8-25(16)19-24-23-18(27-19)10-5-6-10/h1-4,9-10,16H,5-8H2,(H,21,22)/t16-/m0/s1. The Morgan fingerprint density at radius 1 is 1.15 bits per heavy atom. The van der Waals surface area contributed by atoms with Gasteiger partial charge in [0.25, 0.3) is 0 Å². The van der Waals surface area contributed by atoms with Crippen LogP contribution in [0.3, 0.4) is 0 Å². The molecule has 4 aromatic rings. The molecule has 1 aliphatic heterocycles. The van der Waals surface area contributed by atoms with Gasteiger partial charge in [-0.05, 0) is 25.0 Å². The van der Waals surface area contributed by atoms with Crippen LogP contribution in [0, 0.1) is 5.82 Å². The molecule has 0 amide bonds. The van der Waals surface area contributed by atoms with Crippen LogP contribution >= 0.6 is 0 Å². The lowest BCUT2D eigenvalue weighted by Gasteiger charge is -2.32. The molecule has 8 heteroatoms. The molecule has 1 atom stereocenters. The Morgan fingerprint density at radius 2 is 2.04 bits per heavy atom. The largest absolute Gasteiger partial charge is 0.455 e. The van der Waals surface area contributed by atoms with Gasteiger partial charge in [-0.3, -0.25) is 0 Å². The summed E-state index contributed by atoms with van der Waals surface area (Å²) >= 11 is 0. The summed E-state index contributed by atoms with van der Waals surface area (Å²) in [5, 5.41) is 8.86. The highest BCUT2D eigenvalue weighted by Crippen LogP contribution is 2.43. The third kappa shape index (κ3) is 2.22. The number of aromatic amines is 1. The summed E-state index contributed by atoms with van der Waals surface area (Å²) in [6.45, 7) is 0.600. The first-order valence-electron chi connectivity index (χ1n) is 9.08. The number of anilines is 1. The number of benzene rings is 1. The molecule has 27 heavy (non-hydrogen) atoms. The zero-order valence-corrected chi connectivity index (χ0v) is 14.4. The Labute approximate surface area is 153 Å². The second kappa shape index (κ2) is 5.42. The van der Waals surface area contributed by atoms with Crippen molar-refractivity contribution in [1.29, 1.82) is 0 Å². The molecule has 3 aromatic heterocycles. The van der Waals surface area contributed by atoms with Crippen molar-refractivity contribution in [3.63, 3.8) is 0 Å². The molecule has 0 bridgehead atoms. The van der Waals surface area contributed by atoms with Crippen molar-refractivity contribution in [3.8, 4) is 0 Å². The van der Waals surface area contributed by atoms with E-state index < -0.39 is 6.04 Å². The number of H-pyrrole nitrogens is 1. The highest BCUT2D eigenvalue weighted by molar-refractivity contribution is 5.79. The summed E-state index contributed by atoms with van der Waals surface area (Å²) in [5.41, 5.74) is 2.21. The van der Waals surface area contributed by atoms with Crippen LogP contribution in [0.5, 0.6) is 0 Å². The summed E-state index contributed by atoms with van der Waals surface area (Å²) in [5.74, 6) is 0.855. The molecule has 0 saturated heterocycles. The van der Waals surface area contributed by atoms with Crippen molar-refractivity contribution in [2.45, 2.75) is 31.2 Å². The third-order valence-corrected chi connectivity index (χ3v) is 5.34. The van der Waals surface area contributed by atoms with Crippen molar-refractivity contribution in [2.24, 2.45) is 0 Å². The van der Waals surface area contributed by atoms with Crippen LogP contribution < -0.4 is 4.90 Å². The van der Waals surface area contributed by atoms with Crippen molar-refractivity contribution in [1.82, 2.24) is 20.2 Å². The Hall–Kier alpha value is -3.16. The Bertz CT molecular complexity index is 1140. The van der Waals surface area contributed by atoms with Gasteiger partial charge in [0.05, 0.1) is 17.4 Å². The van der Waals surface area contributed by atoms with Crippen LogP contribution in [0.25, 0.3) is 11.0 Å². The van der Waals surface area contributed by atoms with Crippen LogP contribution in [-0.4, -0.2) is 26.7 Å². The molecule has 1 N–H and O–H groups in total. The maximum Gasteiger partial charge on any atom is 0.319 e. The number of nitrogens with zero attached hydrogens (tertiary/aromatic N) is 4. The average Bonchev–Trinajstić information content (AvgIpc) is 3.12. The quantitative estimate of drug-likeness (QED) is 0.596. The van der Waals surface area contributed by atoms with Gasteiger partial charge in [-0.25, -0.2) is 9.37 Å². The molecular formula is C19H16FN5O2. The van der Waals surface area contributed by atoms with E-state index in [2.05, 4.69) is 20.2 Å². The number of imidazole rings is 1. The maximum absolute atomic E-state index is 15.2. The highest BCUT2D eigenvalue weighted by Gasteiger charge is 2.39. The minimum Gasteiger partial charge on any atom is -0.455 e. The molecule has 6 rings (SSSR count). The van der Waals surface area contributed by atoms with E-state index >= 15 is 4.39 Å². The topological polar surface area (TPSA) is 84.0 Å². The highest BCUT2D eigenvalue weighted by atomic mass is 19.1. The lowest BCUT2D eigenvalue weighted by molar-refractivity contribution is 0.418. The van der Waals surface area contributed by atoms with Crippen LogP contribution in [0.15, 0.2) is 39.4 Å². The molecule has 0 unspecified atom stereocenters. The van der Waals surface area contributed by atoms with E-state index in [1.807, 2.05) is 11.0 Å². The number of halogens is 1. The lowest BCUT2D eigenvalue weighted by Crippen LogP contribution is -2.36. The zero-order valence-electron chi connectivity index (χ0n) is 14.4.